The van der Waals surface area contributed by atoms with Gasteiger partial charge in [-0.3, -0.25) is 9.59 Å². The highest BCUT2D eigenvalue weighted by atomic mass is 19.3. The first-order chi connectivity index (χ1) is 14.2. The van der Waals surface area contributed by atoms with E-state index in [2.05, 4.69) is 10.6 Å². The molecule has 1 amide bonds. The summed E-state index contributed by atoms with van der Waals surface area (Å²) in [6, 6.07) is 13.5. The molecule has 2 aromatic carbocycles. The number of carbonyl (C=O) groups is 2. The maximum absolute atomic E-state index is 13.8. The average molecular weight is 416 g/mol. The van der Waals surface area contributed by atoms with Crippen LogP contribution >= 0.6 is 0 Å². The van der Waals surface area contributed by atoms with Crippen molar-refractivity contribution in [2.24, 2.45) is 5.41 Å². The number of para-hydroxylation sites is 1. The van der Waals surface area contributed by atoms with Crippen LogP contribution in [0.5, 0.6) is 0 Å². The molecule has 0 saturated heterocycles. The largest absolute Gasteiger partial charge is 0.377 e. The molecule has 0 heterocycles. The summed E-state index contributed by atoms with van der Waals surface area (Å²) in [6.07, 6.45) is 1.62. The predicted octanol–water partition coefficient (Wildman–Crippen LogP) is 4.54. The van der Waals surface area contributed by atoms with Crippen LogP contribution in [-0.4, -0.2) is 25.4 Å². The molecular formula is C23H26F2N2O3. The number of alkyl halides is 2. The minimum absolute atomic E-state index is 0.0244. The first-order valence-electron chi connectivity index (χ1n) is 9.86. The summed E-state index contributed by atoms with van der Waals surface area (Å²) in [6.45, 7) is 1.23. The summed E-state index contributed by atoms with van der Waals surface area (Å²) in [5.74, 6) is -3.14. The fourth-order valence-corrected chi connectivity index (χ4v) is 3.43. The second kappa shape index (κ2) is 8.92. The van der Waals surface area contributed by atoms with Crippen molar-refractivity contribution in [1.82, 2.24) is 5.32 Å². The van der Waals surface area contributed by atoms with Crippen molar-refractivity contribution < 1.29 is 23.1 Å². The van der Waals surface area contributed by atoms with Gasteiger partial charge in [0.15, 0.2) is 5.78 Å². The monoisotopic (exact) mass is 416 g/mol. The van der Waals surface area contributed by atoms with Gasteiger partial charge in [0, 0.05) is 43.9 Å². The van der Waals surface area contributed by atoms with E-state index < -0.39 is 11.3 Å². The fraction of sp³-hybridized carbons (Fsp3) is 0.391. The molecule has 30 heavy (non-hydrogen) atoms. The van der Waals surface area contributed by atoms with E-state index in [1.807, 2.05) is 12.1 Å². The number of hydrogen-bond donors (Lipinski definition) is 2. The molecule has 0 spiro atoms. The van der Waals surface area contributed by atoms with E-state index in [1.165, 1.54) is 13.2 Å². The molecule has 2 aromatic rings. The zero-order valence-corrected chi connectivity index (χ0v) is 17.1. The molecule has 1 aliphatic rings. The molecule has 160 valence electrons. The van der Waals surface area contributed by atoms with Crippen LogP contribution in [0.1, 0.15) is 37.3 Å². The summed E-state index contributed by atoms with van der Waals surface area (Å²) in [7, 11) is 1.46. The topological polar surface area (TPSA) is 67.4 Å². The molecule has 5 nitrogen and oxygen atoms in total. The molecule has 0 bridgehead atoms. The number of ether oxygens (including phenoxy) is 1. The van der Waals surface area contributed by atoms with E-state index in [0.29, 0.717) is 30.8 Å². The van der Waals surface area contributed by atoms with Crippen molar-refractivity contribution in [3.63, 3.8) is 0 Å². The number of rotatable bonds is 10. The standard InChI is InChI=1S/C23H26F2N2O3/c1-22(24,25)19-5-3-4-6-20(19)27-17-9-7-16(8-10-17)14-26-21(29)23(11-12-23)13-18(28)15-30-2/h3-10,27H,11-15H2,1-2H3,(H,26,29). The van der Waals surface area contributed by atoms with E-state index in [1.54, 1.807) is 30.3 Å². The number of carbonyl (C=O) groups excluding carboxylic acids is 2. The number of amides is 1. The minimum atomic E-state index is -2.95. The van der Waals surface area contributed by atoms with Gasteiger partial charge in [-0.05, 0) is 36.6 Å². The van der Waals surface area contributed by atoms with Crippen molar-refractivity contribution in [3.05, 3.63) is 59.7 Å². The van der Waals surface area contributed by atoms with Gasteiger partial charge in [-0.2, -0.15) is 0 Å². The Bertz CT molecular complexity index is 903. The lowest BCUT2D eigenvalue weighted by molar-refractivity contribution is -0.132. The van der Waals surface area contributed by atoms with Crippen LogP contribution in [-0.2, 0) is 26.8 Å². The molecule has 1 aliphatic carbocycles. The van der Waals surface area contributed by atoms with Gasteiger partial charge in [-0.15, -0.1) is 0 Å². The molecule has 3 rings (SSSR count). The van der Waals surface area contributed by atoms with Crippen LogP contribution in [0, 0.1) is 5.41 Å². The van der Waals surface area contributed by atoms with Crippen molar-refractivity contribution in [2.45, 2.75) is 38.7 Å². The fourth-order valence-electron chi connectivity index (χ4n) is 3.43. The molecule has 0 atom stereocenters. The lowest BCUT2D eigenvalue weighted by Crippen LogP contribution is -2.33. The summed E-state index contributed by atoms with van der Waals surface area (Å²) >= 11 is 0. The Hall–Kier alpha value is -2.80. The van der Waals surface area contributed by atoms with E-state index in [9.17, 15) is 18.4 Å². The molecule has 0 unspecified atom stereocenters. The van der Waals surface area contributed by atoms with Crippen LogP contribution in [0.2, 0.25) is 0 Å². The van der Waals surface area contributed by atoms with E-state index in [4.69, 9.17) is 4.74 Å². The van der Waals surface area contributed by atoms with Crippen molar-refractivity contribution in [3.8, 4) is 0 Å². The maximum atomic E-state index is 13.8. The second-order valence-corrected chi connectivity index (χ2v) is 7.87. The van der Waals surface area contributed by atoms with Gasteiger partial charge in [-0.1, -0.05) is 30.3 Å². The Balaban J connectivity index is 1.57. The number of hydrogen-bond acceptors (Lipinski definition) is 4. The lowest BCUT2D eigenvalue weighted by Gasteiger charge is -2.17. The van der Waals surface area contributed by atoms with Gasteiger partial charge >= 0.3 is 0 Å². The van der Waals surface area contributed by atoms with Gasteiger partial charge in [0.05, 0.1) is 5.41 Å². The average Bonchev–Trinajstić information content (AvgIpc) is 3.47. The van der Waals surface area contributed by atoms with Gasteiger partial charge in [0.2, 0.25) is 5.91 Å². The highest BCUT2D eigenvalue weighted by Gasteiger charge is 2.50. The van der Waals surface area contributed by atoms with Crippen molar-refractivity contribution >= 4 is 23.1 Å². The number of Topliss-reactive ketones (excluding diaryl/α,β-unsaturated/α-hetero) is 1. The maximum Gasteiger partial charge on any atom is 0.272 e. The molecule has 0 aliphatic heterocycles. The third-order valence-electron chi connectivity index (χ3n) is 5.26. The van der Waals surface area contributed by atoms with Crippen LogP contribution in [0.4, 0.5) is 20.2 Å². The zero-order valence-electron chi connectivity index (χ0n) is 17.1. The summed E-state index contributed by atoms with van der Waals surface area (Å²) in [5.41, 5.74) is 1.24. The summed E-state index contributed by atoms with van der Waals surface area (Å²) in [5, 5.41) is 5.92. The Morgan fingerprint density at radius 2 is 1.77 bits per heavy atom. The third kappa shape index (κ3) is 5.42. The molecule has 2 N–H and O–H groups in total. The number of methoxy groups -OCH3 is 1. The van der Waals surface area contributed by atoms with Crippen LogP contribution < -0.4 is 10.6 Å². The molecule has 1 fully saturated rings. The van der Waals surface area contributed by atoms with Gasteiger partial charge in [0.1, 0.15) is 6.61 Å². The number of benzene rings is 2. The highest BCUT2D eigenvalue weighted by Crippen LogP contribution is 2.49. The molecule has 0 radical (unpaired) electrons. The number of halogens is 2. The number of nitrogens with one attached hydrogen (secondary N) is 2. The van der Waals surface area contributed by atoms with Crippen molar-refractivity contribution in [1.29, 1.82) is 0 Å². The van der Waals surface area contributed by atoms with Crippen LogP contribution in [0.15, 0.2) is 48.5 Å². The highest BCUT2D eigenvalue weighted by molar-refractivity contribution is 5.92. The molecule has 1 saturated carbocycles. The first-order valence-corrected chi connectivity index (χ1v) is 9.86. The Labute approximate surface area is 174 Å². The Kier molecular flexibility index (Phi) is 6.51. The van der Waals surface area contributed by atoms with Gasteiger partial charge < -0.3 is 15.4 Å². The van der Waals surface area contributed by atoms with Gasteiger partial charge in [-0.25, -0.2) is 8.78 Å². The second-order valence-electron chi connectivity index (χ2n) is 7.87. The normalized spacial score (nSPS) is 14.8. The van der Waals surface area contributed by atoms with Crippen LogP contribution in [0.25, 0.3) is 0 Å². The zero-order chi connectivity index (χ0) is 21.8. The Morgan fingerprint density at radius 1 is 1.10 bits per heavy atom. The summed E-state index contributed by atoms with van der Waals surface area (Å²) < 4.78 is 32.4. The Morgan fingerprint density at radius 3 is 2.37 bits per heavy atom. The molecular weight excluding hydrogens is 390 g/mol. The number of ketones is 1. The van der Waals surface area contributed by atoms with Crippen LogP contribution in [0.3, 0.4) is 0 Å². The SMILES string of the molecule is COCC(=O)CC1(C(=O)NCc2ccc(Nc3ccccc3C(C)(F)F)cc2)CC1. The lowest BCUT2D eigenvalue weighted by atomic mass is 9.98. The van der Waals surface area contributed by atoms with E-state index in [-0.39, 0.29) is 30.3 Å². The van der Waals surface area contributed by atoms with E-state index >= 15 is 0 Å². The van der Waals surface area contributed by atoms with Crippen molar-refractivity contribution in [2.75, 3.05) is 19.0 Å². The minimum Gasteiger partial charge on any atom is -0.377 e. The van der Waals surface area contributed by atoms with Gasteiger partial charge in [0.25, 0.3) is 5.92 Å². The molecule has 0 aromatic heterocycles. The smallest absolute Gasteiger partial charge is 0.272 e. The number of anilines is 2. The predicted molar refractivity (Wildman–Crippen MR) is 111 cm³/mol. The first kappa shape index (κ1) is 21.9. The summed E-state index contributed by atoms with van der Waals surface area (Å²) in [4.78, 5) is 24.3. The van der Waals surface area contributed by atoms with E-state index in [0.717, 1.165) is 12.5 Å². The molecule has 7 heteroatoms. The third-order valence-corrected chi connectivity index (χ3v) is 5.26. The quantitative estimate of drug-likeness (QED) is 0.597.